The highest BCUT2D eigenvalue weighted by Crippen LogP contribution is 2.18. The summed E-state index contributed by atoms with van der Waals surface area (Å²) in [5.41, 5.74) is 2.69. The second kappa shape index (κ2) is 15.0. The first-order valence-electron chi connectivity index (χ1n) is 10.5. The van der Waals surface area contributed by atoms with Gasteiger partial charge in [-0.25, -0.2) is 0 Å². The molecule has 0 bridgehead atoms. The van der Waals surface area contributed by atoms with E-state index in [1.807, 2.05) is 14.0 Å². The van der Waals surface area contributed by atoms with Crippen LogP contribution in [-0.4, -0.2) is 50.8 Å². The fourth-order valence-electron chi connectivity index (χ4n) is 3.33. The fraction of sp³-hybridized carbons (Fsp3) is 0.682. The van der Waals surface area contributed by atoms with Crippen molar-refractivity contribution in [1.29, 1.82) is 0 Å². The van der Waals surface area contributed by atoms with Gasteiger partial charge in [-0.3, -0.25) is 9.89 Å². The molecule has 0 aliphatic carbocycles. The quantitative estimate of drug-likeness (QED) is 0.220. The van der Waals surface area contributed by atoms with Gasteiger partial charge < -0.3 is 15.4 Å². The van der Waals surface area contributed by atoms with Gasteiger partial charge in [0.05, 0.1) is 0 Å². The lowest BCUT2D eigenvalue weighted by atomic mass is 9.99. The first-order chi connectivity index (χ1) is 13.2. The Kier molecular flexibility index (Phi) is 13.5. The fourth-order valence-corrected chi connectivity index (χ4v) is 3.33. The molecule has 2 N–H and O–H groups in total. The highest BCUT2D eigenvalue weighted by Gasteiger charge is 2.15. The van der Waals surface area contributed by atoms with E-state index in [-0.39, 0.29) is 24.0 Å². The second-order valence-corrected chi connectivity index (χ2v) is 7.53. The molecule has 1 aliphatic heterocycles. The van der Waals surface area contributed by atoms with Gasteiger partial charge in [0.2, 0.25) is 0 Å². The topological polar surface area (TPSA) is 48.9 Å². The van der Waals surface area contributed by atoms with Gasteiger partial charge in [-0.1, -0.05) is 31.2 Å². The van der Waals surface area contributed by atoms with Crippen LogP contribution in [0.3, 0.4) is 0 Å². The standard InChI is InChI=1S/C22H38N4O.HI/c1-4-27-16-6-5-13-24-22(23-3)25-17-20-7-9-21(10-8-20)18-26-14-11-19(2)12-15-26;/h7-10,19H,4-6,11-18H2,1-3H3,(H2,23,24,25);1H. The molecule has 0 spiro atoms. The van der Waals surface area contributed by atoms with Crippen LogP contribution in [0.15, 0.2) is 29.3 Å². The van der Waals surface area contributed by atoms with Crippen molar-refractivity contribution in [2.45, 2.75) is 52.6 Å². The van der Waals surface area contributed by atoms with Gasteiger partial charge in [0, 0.05) is 39.9 Å². The van der Waals surface area contributed by atoms with Gasteiger partial charge in [0.25, 0.3) is 0 Å². The number of unbranched alkanes of at least 4 members (excludes halogenated alkanes) is 1. The van der Waals surface area contributed by atoms with Crippen molar-refractivity contribution in [3.05, 3.63) is 35.4 Å². The van der Waals surface area contributed by atoms with E-state index in [0.717, 1.165) is 57.6 Å². The van der Waals surface area contributed by atoms with Crippen LogP contribution in [0.4, 0.5) is 0 Å². The summed E-state index contributed by atoms with van der Waals surface area (Å²) in [4.78, 5) is 6.87. The van der Waals surface area contributed by atoms with Crippen molar-refractivity contribution < 1.29 is 4.74 Å². The monoisotopic (exact) mass is 502 g/mol. The zero-order valence-corrected chi connectivity index (χ0v) is 20.2. The molecule has 1 aromatic carbocycles. The maximum atomic E-state index is 5.36. The average molecular weight is 502 g/mol. The van der Waals surface area contributed by atoms with Crippen molar-refractivity contribution in [2.75, 3.05) is 39.9 Å². The third-order valence-corrected chi connectivity index (χ3v) is 5.20. The number of ether oxygens (including phenoxy) is 1. The van der Waals surface area contributed by atoms with Crippen LogP contribution < -0.4 is 10.6 Å². The molecule has 0 unspecified atom stereocenters. The van der Waals surface area contributed by atoms with E-state index in [1.165, 1.54) is 37.1 Å². The van der Waals surface area contributed by atoms with Crippen molar-refractivity contribution in [3.63, 3.8) is 0 Å². The van der Waals surface area contributed by atoms with Crippen LogP contribution in [0, 0.1) is 5.92 Å². The van der Waals surface area contributed by atoms with E-state index in [1.54, 1.807) is 0 Å². The lowest BCUT2D eigenvalue weighted by Crippen LogP contribution is -2.37. The normalized spacial score (nSPS) is 15.9. The first-order valence-corrected chi connectivity index (χ1v) is 10.5. The molecule has 1 aliphatic rings. The summed E-state index contributed by atoms with van der Waals surface area (Å²) in [7, 11) is 1.82. The predicted octanol–water partition coefficient (Wildman–Crippen LogP) is 4.02. The van der Waals surface area contributed by atoms with E-state index in [4.69, 9.17) is 4.74 Å². The molecule has 1 saturated heterocycles. The Morgan fingerprint density at radius 2 is 1.79 bits per heavy atom. The zero-order valence-electron chi connectivity index (χ0n) is 17.9. The van der Waals surface area contributed by atoms with Gasteiger partial charge >= 0.3 is 0 Å². The van der Waals surface area contributed by atoms with Crippen molar-refractivity contribution in [3.8, 4) is 0 Å². The molecule has 1 heterocycles. The largest absolute Gasteiger partial charge is 0.382 e. The van der Waals surface area contributed by atoms with Gasteiger partial charge in [0.1, 0.15) is 0 Å². The molecule has 5 nitrogen and oxygen atoms in total. The molecule has 0 saturated carbocycles. The number of hydrogen-bond donors (Lipinski definition) is 2. The van der Waals surface area contributed by atoms with E-state index >= 15 is 0 Å². The lowest BCUT2D eigenvalue weighted by Gasteiger charge is -2.30. The Morgan fingerprint density at radius 1 is 1.11 bits per heavy atom. The number of benzene rings is 1. The Morgan fingerprint density at radius 3 is 2.43 bits per heavy atom. The van der Waals surface area contributed by atoms with Crippen molar-refractivity contribution in [2.24, 2.45) is 10.9 Å². The predicted molar refractivity (Wildman–Crippen MR) is 129 cm³/mol. The third-order valence-electron chi connectivity index (χ3n) is 5.20. The van der Waals surface area contributed by atoms with Gasteiger partial charge in [-0.15, -0.1) is 24.0 Å². The smallest absolute Gasteiger partial charge is 0.191 e. The third kappa shape index (κ3) is 10.1. The molecule has 160 valence electrons. The van der Waals surface area contributed by atoms with E-state index < -0.39 is 0 Å². The number of nitrogens with zero attached hydrogens (tertiary/aromatic N) is 2. The van der Waals surface area contributed by atoms with Crippen LogP contribution >= 0.6 is 24.0 Å². The molecule has 0 aromatic heterocycles. The Balaban J connectivity index is 0.00000392. The summed E-state index contributed by atoms with van der Waals surface area (Å²) in [6.07, 6.45) is 4.83. The molecular weight excluding hydrogens is 463 g/mol. The summed E-state index contributed by atoms with van der Waals surface area (Å²) >= 11 is 0. The number of guanidine groups is 1. The van der Waals surface area contributed by atoms with Crippen LogP contribution in [0.2, 0.25) is 0 Å². The number of rotatable bonds is 10. The Labute approximate surface area is 188 Å². The summed E-state index contributed by atoms with van der Waals surface area (Å²) in [6.45, 7) is 11.3. The van der Waals surface area contributed by atoms with Gasteiger partial charge in [0.15, 0.2) is 5.96 Å². The maximum absolute atomic E-state index is 5.36. The lowest BCUT2D eigenvalue weighted by molar-refractivity contribution is 0.143. The number of hydrogen-bond acceptors (Lipinski definition) is 3. The number of aliphatic imine (C=N–C) groups is 1. The number of likely N-dealkylation sites (tertiary alicyclic amines) is 1. The van der Waals surface area contributed by atoms with Crippen molar-refractivity contribution >= 4 is 29.9 Å². The number of nitrogens with one attached hydrogen (secondary N) is 2. The van der Waals surface area contributed by atoms with Crippen LogP contribution in [0.1, 0.15) is 50.7 Å². The van der Waals surface area contributed by atoms with E-state index in [9.17, 15) is 0 Å². The molecule has 0 atom stereocenters. The SMILES string of the molecule is CCOCCCCNC(=NC)NCc1ccc(CN2CCC(C)CC2)cc1.I. The van der Waals surface area contributed by atoms with Crippen LogP contribution in [0.5, 0.6) is 0 Å². The summed E-state index contributed by atoms with van der Waals surface area (Å²) < 4.78 is 5.36. The summed E-state index contributed by atoms with van der Waals surface area (Å²) in [5.74, 6) is 1.75. The Bertz CT molecular complexity index is 542. The van der Waals surface area contributed by atoms with E-state index in [2.05, 4.69) is 51.7 Å². The van der Waals surface area contributed by atoms with Crippen molar-refractivity contribution in [1.82, 2.24) is 15.5 Å². The molecular formula is C22H39IN4O. The highest BCUT2D eigenvalue weighted by atomic mass is 127. The minimum Gasteiger partial charge on any atom is -0.382 e. The average Bonchev–Trinajstić information content (AvgIpc) is 2.70. The zero-order chi connectivity index (χ0) is 19.3. The van der Waals surface area contributed by atoms with E-state index in [0.29, 0.717) is 0 Å². The minimum atomic E-state index is 0. The molecule has 2 rings (SSSR count). The summed E-state index contributed by atoms with van der Waals surface area (Å²) in [6, 6.07) is 8.98. The molecule has 6 heteroatoms. The van der Waals surface area contributed by atoms with Crippen LogP contribution in [0.25, 0.3) is 0 Å². The Hall–Kier alpha value is -0.860. The van der Waals surface area contributed by atoms with Crippen LogP contribution in [-0.2, 0) is 17.8 Å². The molecule has 1 aromatic rings. The number of piperidine rings is 1. The molecule has 1 fully saturated rings. The first kappa shape index (κ1) is 25.2. The molecule has 0 radical (unpaired) electrons. The summed E-state index contributed by atoms with van der Waals surface area (Å²) in [5, 5.41) is 6.75. The van der Waals surface area contributed by atoms with Gasteiger partial charge in [-0.2, -0.15) is 0 Å². The second-order valence-electron chi connectivity index (χ2n) is 7.53. The molecule has 28 heavy (non-hydrogen) atoms. The number of halogens is 1. The van der Waals surface area contributed by atoms with Gasteiger partial charge in [-0.05, 0) is 62.7 Å². The molecule has 0 amide bonds. The minimum absolute atomic E-state index is 0. The highest BCUT2D eigenvalue weighted by molar-refractivity contribution is 14.0. The maximum Gasteiger partial charge on any atom is 0.191 e.